The normalized spacial score (nSPS) is 11.8. The third-order valence-corrected chi connectivity index (χ3v) is 2.73. The first-order valence-electron chi connectivity index (χ1n) is 7.00. The lowest BCUT2D eigenvalue weighted by Crippen LogP contribution is -2.39. The van der Waals surface area contributed by atoms with Crippen LogP contribution in [0.2, 0.25) is 0 Å². The summed E-state index contributed by atoms with van der Waals surface area (Å²) in [4.78, 5) is 11.4. The molecule has 1 aromatic rings. The zero-order valence-corrected chi connectivity index (χ0v) is 12.4. The van der Waals surface area contributed by atoms with Gasteiger partial charge in [0.05, 0.1) is 19.3 Å². The smallest absolute Gasteiger partial charge is 0.236 e. The molecule has 0 fully saturated rings. The van der Waals surface area contributed by atoms with Crippen LogP contribution in [0.25, 0.3) is 0 Å². The summed E-state index contributed by atoms with van der Waals surface area (Å²) >= 11 is 0. The van der Waals surface area contributed by atoms with E-state index >= 15 is 0 Å². The van der Waals surface area contributed by atoms with Crippen molar-refractivity contribution >= 4 is 5.91 Å². The standard InChI is InChI=1S/C15H24N2O3/c1-4-19-13-7-6-12(10-14(13)20-5-2)8-9-17-15(18)11(3)16/h6-7,10-11H,4-5,8-9,16H2,1-3H3,(H,17,18)/t11-/m0/s1. The van der Waals surface area contributed by atoms with E-state index in [4.69, 9.17) is 15.2 Å². The van der Waals surface area contributed by atoms with Crippen molar-refractivity contribution in [1.29, 1.82) is 0 Å². The molecule has 1 aromatic carbocycles. The quantitative estimate of drug-likeness (QED) is 0.756. The third kappa shape index (κ3) is 5.09. The molecule has 20 heavy (non-hydrogen) atoms. The Balaban J connectivity index is 2.62. The van der Waals surface area contributed by atoms with Crippen LogP contribution >= 0.6 is 0 Å². The van der Waals surface area contributed by atoms with E-state index in [1.807, 2.05) is 32.0 Å². The van der Waals surface area contributed by atoms with Crippen molar-refractivity contribution in [2.24, 2.45) is 5.73 Å². The van der Waals surface area contributed by atoms with E-state index in [1.165, 1.54) is 0 Å². The molecule has 0 saturated carbocycles. The van der Waals surface area contributed by atoms with Crippen molar-refractivity contribution in [3.05, 3.63) is 23.8 Å². The molecule has 112 valence electrons. The zero-order valence-electron chi connectivity index (χ0n) is 12.4. The van der Waals surface area contributed by atoms with Crippen molar-refractivity contribution < 1.29 is 14.3 Å². The van der Waals surface area contributed by atoms with Crippen LogP contribution in [0, 0.1) is 0 Å². The average molecular weight is 280 g/mol. The summed E-state index contributed by atoms with van der Waals surface area (Å²) in [5, 5.41) is 2.79. The Hall–Kier alpha value is -1.75. The maximum Gasteiger partial charge on any atom is 0.236 e. The van der Waals surface area contributed by atoms with Crippen molar-refractivity contribution in [3.8, 4) is 11.5 Å². The summed E-state index contributed by atoms with van der Waals surface area (Å²) in [6.45, 7) is 7.28. The number of nitrogens with two attached hydrogens (primary N) is 1. The number of hydrogen-bond acceptors (Lipinski definition) is 4. The Bertz CT molecular complexity index is 433. The fraction of sp³-hybridized carbons (Fsp3) is 0.533. The molecule has 1 atom stereocenters. The predicted molar refractivity (Wildman–Crippen MR) is 79.1 cm³/mol. The molecule has 0 aliphatic heterocycles. The lowest BCUT2D eigenvalue weighted by Gasteiger charge is -2.13. The minimum absolute atomic E-state index is 0.138. The van der Waals surface area contributed by atoms with E-state index < -0.39 is 6.04 Å². The van der Waals surface area contributed by atoms with Gasteiger partial charge in [-0.1, -0.05) is 6.07 Å². The third-order valence-electron chi connectivity index (χ3n) is 2.73. The summed E-state index contributed by atoms with van der Waals surface area (Å²) in [7, 11) is 0. The van der Waals surface area contributed by atoms with Crippen LogP contribution in [-0.2, 0) is 11.2 Å². The van der Waals surface area contributed by atoms with Crippen LogP contribution in [0.1, 0.15) is 26.3 Å². The fourth-order valence-electron chi connectivity index (χ4n) is 1.74. The predicted octanol–water partition coefficient (Wildman–Crippen LogP) is 1.49. The Kier molecular flexibility index (Phi) is 6.87. The van der Waals surface area contributed by atoms with Crippen LogP contribution < -0.4 is 20.5 Å². The number of amides is 1. The van der Waals surface area contributed by atoms with Crippen LogP contribution in [0.5, 0.6) is 11.5 Å². The molecule has 0 spiro atoms. The first-order valence-corrected chi connectivity index (χ1v) is 7.00. The highest BCUT2D eigenvalue weighted by atomic mass is 16.5. The van der Waals surface area contributed by atoms with E-state index in [2.05, 4.69) is 5.32 Å². The molecule has 1 rings (SSSR count). The van der Waals surface area contributed by atoms with Gasteiger partial charge in [0.25, 0.3) is 0 Å². The maximum atomic E-state index is 11.4. The van der Waals surface area contributed by atoms with Crippen molar-refractivity contribution in [2.75, 3.05) is 19.8 Å². The lowest BCUT2D eigenvalue weighted by molar-refractivity contribution is -0.121. The Morgan fingerprint density at radius 3 is 2.50 bits per heavy atom. The van der Waals surface area contributed by atoms with Gasteiger partial charge in [0.2, 0.25) is 5.91 Å². The molecule has 0 heterocycles. The highest BCUT2D eigenvalue weighted by Crippen LogP contribution is 2.28. The van der Waals surface area contributed by atoms with E-state index in [-0.39, 0.29) is 5.91 Å². The molecule has 0 aliphatic carbocycles. The molecule has 0 radical (unpaired) electrons. The van der Waals surface area contributed by atoms with E-state index in [0.29, 0.717) is 19.8 Å². The average Bonchev–Trinajstić information content (AvgIpc) is 2.41. The topological polar surface area (TPSA) is 73.6 Å². The van der Waals surface area contributed by atoms with Gasteiger partial charge in [-0.3, -0.25) is 4.79 Å². The second-order valence-corrected chi connectivity index (χ2v) is 4.48. The largest absolute Gasteiger partial charge is 0.490 e. The summed E-state index contributed by atoms with van der Waals surface area (Å²) in [6.07, 6.45) is 0.727. The molecular formula is C15H24N2O3. The molecule has 0 aliphatic rings. The Morgan fingerprint density at radius 1 is 1.25 bits per heavy atom. The van der Waals surface area contributed by atoms with E-state index in [0.717, 1.165) is 23.5 Å². The van der Waals surface area contributed by atoms with Gasteiger partial charge in [0.15, 0.2) is 11.5 Å². The highest BCUT2D eigenvalue weighted by molar-refractivity contribution is 5.80. The number of carbonyl (C=O) groups excluding carboxylic acids is 1. The van der Waals surface area contributed by atoms with E-state index in [9.17, 15) is 4.79 Å². The van der Waals surface area contributed by atoms with Crippen LogP contribution in [-0.4, -0.2) is 31.7 Å². The van der Waals surface area contributed by atoms with Gasteiger partial charge in [-0.05, 0) is 44.9 Å². The number of benzene rings is 1. The summed E-state index contributed by atoms with van der Waals surface area (Å²) in [5.41, 5.74) is 6.57. The van der Waals surface area contributed by atoms with Gasteiger partial charge < -0.3 is 20.5 Å². The van der Waals surface area contributed by atoms with Gasteiger partial charge in [0.1, 0.15) is 0 Å². The van der Waals surface area contributed by atoms with Crippen LogP contribution in [0.15, 0.2) is 18.2 Å². The lowest BCUT2D eigenvalue weighted by atomic mass is 10.1. The monoisotopic (exact) mass is 280 g/mol. The summed E-state index contributed by atoms with van der Waals surface area (Å²) < 4.78 is 11.1. The zero-order chi connectivity index (χ0) is 15.0. The van der Waals surface area contributed by atoms with Gasteiger partial charge in [0, 0.05) is 6.54 Å². The summed E-state index contributed by atoms with van der Waals surface area (Å²) in [5.74, 6) is 1.35. The summed E-state index contributed by atoms with van der Waals surface area (Å²) in [6, 6.07) is 5.35. The molecule has 3 N–H and O–H groups in total. The molecule has 5 heteroatoms. The number of nitrogens with one attached hydrogen (secondary N) is 1. The first-order chi connectivity index (χ1) is 9.58. The number of ether oxygens (including phenoxy) is 2. The molecule has 5 nitrogen and oxygen atoms in total. The van der Waals surface area contributed by atoms with Gasteiger partial charge in [-0.2, -0.15) is 0 Å². The van der Waals surface area contributed by atoms with Crippen LogP contribution in [0.4, 0.5) is 0 Å². The molecule has 0 saturated heterocycles. The number of rotatable bonds is 8. The minimum Gasteiger partial charge on any atom is -0.490 e. The second-order valence-electron chi connectivity index (χ2n) is 4.48. The SMILES string of the molecule is CCOc1ccc(CCNC(=O)[C@H](C)N)cc1OCC. The Labute approximate surface area is 120 Å². The maximum absolute atomic E-state index is 11.4. The molecule has 1 amide bonds. The van der Waals surface area contributed by atoms with Crippen molar-refractivity contribution in [3.63, 3.8) is 0 Å². The molecular weight excluding hydrogens is 256 g/mol. The highest BCUT2D eigenvalue weighted by Gasteiger charge is 2.08. The van der Waals surface area contributed by atoms with E-state index in [1.54, 1.807) is 6.92 Å². The molecule has 0 unspecified atom stereocenters. The van der Waals surface area contributed by atoms with Crippen molar-refractivity contribution in [2.45, 2.75) is 33.2 Å². The number of carbonyl (C=O) groups is 1. The van der Waals surface area contributed by atoms with Crippen molar-refractivity contribution in [1.82, 2.24) is 5.32 Å². The Morgan fingerprint density at radius 2 is 1.90 bits per heavy atom. The molecule has 0 bridgehead atoms. The van der Waals surface area contributed by atoms with Gasteiger partial charge >= 0.3 is 0 Å². The van der Waals surface area contributed by atoms with Crippen LogP contribution in [0.3, 0.4) is 0 Å². The molecule has 0 aromatic heterocycles. The number of hydrogen-bond donors (Lipinski definition) is 2. The van der Waals surface area contributed by atoms with Gasteiger partial charge in [-0.25, -0.2) is 0 Å². The van der Waals surface area contributed by atoms with Gasteiger partial charge in [-0.15, -0.1) is 0 Å². The first kappa shape index (κ1) is 16.3. The minimum atomic E-state index is -0.477. The fourth-order valence-corrected chi connectivity index (χ4v) is 1.74. The second kappa shape index (κ2) is 8.43.